The van der Waals surface area contributed by atoms with Gasteiger partial charge in [0, 0.05) is 24.0 Å². The smallest absolute Gasteiger partial charge is 0.184 e. The van der Waals surface area contributed by atoms with Crippen molar-refractivity contribution in [2.24, 2.45) is 0 Å². The molecule has 0 radical (unpaired) electrons. The summed E-state index contributed by atoms with van der Waals surface area (Å²) in [5.41, 5.74) is 4.97. The fraction of sp³-hybridized carbons (Fsp3) is 0.167. The summed E-state index contributed by atoms with van der Waals surface area (Å²) < 4.78 is 14.7. The van der Waals surface area contributed by atoms with E-state index in [0.717, 1.165) is 33.2 Å². The zero-order chi connectivity index (χ0) is 16.5. The van der Waals surface area contributed by atoms with Crippen LogP contribution in [0.4, 0.5) is 4.39 Å². The summed E-state index contributed by atoms with van der Waals surface area (Å²) in [6, 6.07) is 14.8. The van der Waals surface area contributed by atoms with Gasteiger partial charge in [-0.15, -0.1) is 5.10 Å². The minimum atomic E-state index is -0.222. The minimum absolute atomic E-state index is 0.222. The van der Waals surface area contributed by atoms with E-state index in [4.69, 9.17) is 0 Å². The van der Waals surface area contributed by atoms with Gasteiger partial charge in [-0.3, -0.25) is 0 Å². The topological polar surface area (TPSA) is 55.1 Å². The van der Waals surface area contributed by atoms with Gasteiger partial charge >= 0.3 is 0 Å². The molecule has 1 N–H and O–H groups in total. The van der Waals surface area contributed by atoms with E-state index < -0.39 is 0 Å². The minimum Gasteiger partial charge on any atom is -0.308 e. The molecule has 4 rings (SSSR count). The molecule has 0 aliphatic heterocycles. The van der Waals surface area contributed by atoms with Crippen molar-refractivity contribution in [1.29, 1.82) is 0 Å². The van der Waals surface area contributed by atoms with Crippen molar-refractivity contribution < 1.29 is 4.39 Å². The largest absolute Gasteiger partial charge is 0.308 e. The second-order valence-corrected chi connectivity index (χ2v) is 5.83. The number of tetrazole rings is 1. The van der Waals surface area contributed by atoms with E-state index in [1.54, 1.807) is 16.6 Å². The number of nitrogens with one attached hydrogen (secondary N) is 1. The lowest BCUT2D eigenvalue weighted by atomic mass is 10.1. The van der Waals surface area contributed by atoms with E-state index in [1.807, 2.05) is 6.07 Å². The van der Waals surface area contributed by atoms with Gasteiger partial charge in [-0.25, -0.2) is 4.39 Å². The van der Waals surface area contributed by atoms with E-state index >= 15 is 0 Å². The van der Waals surface area contributed by atoms with E-state index in [1.165, 1.54) is 12.1 Å². The molecule has 0 amide bonds. The number of aryl methyl sites for hydroxylation is 1. The highest BCUT2D eigenvalue weighted by Crippen LogP contribution is 2.22. The number of fused-ring (bicyclic) bond motifs is 3. The highest BCUT2D eigenvalue weighted by atomic mass is 19.1. The standard InChI is InChI=1S/C18H16FN5/c1-12-3-2-4-14-9-15(18-21-22-23-24(18)17(12)14)11-20-10-13-5-7-16(19)8-6-13/h2-9,20H,10-11H2,1H3. The van der Waals surface area contributed by atoms with Crippen molar-refractivity contribution in [2.75, 3.05) is 0 Å². The maximum Gasteiger partial charge on any atom is 0.184 e. The van der Waals surface area contributed by atoms with Gasteiger partial charge in [-0.2, -0.15) is 4.52 Å². The highest BCUT2D eigenvalue weighted by Gasteiger charge is 2.11. The van der Waals surface area contributed by atoms with Crippen LogP contribution in [0.5, 0.6) is 0 Å². The summed E-state index contributed by atoms with van der Waals surface area (Å²) in [5, 5.41) is 16.6. The maximum absolute atomic E-state index is 12.9. The molecule has 6 heteroatoms. The Hall–Kier alpha value is -2.86. The number of nitrogens with zero attached hydrogens (tertiary/aromatic N) is 4. The molecular weight excluding hydrogens is 305 g/mol. The van der Waals surface area contributed by atoms with Gasteiger partial charge in [0.25, 0.3) is 0 Å². The molecule has 0 spiro atoms. The Bertz CT molecular complexity index is 1010. The SMILES string of the molecule is Cc1cccc2cc(CNCc3ccc(F)cc3)c3nnnn3c12. The molecule has 5 nitrogen and oxygen atoms in total. The van der Waals surface area contributed by atoms with Crippen LogP contribution in [0.3, 0.4) is 0 Å². The molecule has 0 saturated carbocycles. The summed E-state index contributed by atoms with van der Waals surface area (Å²) in [6.07, 6.45) is 0. The first-order chi connectivity index (χ1) is 11.7. The summed E-state index contributed by atoms with van der Waals surface area (Å²) in [7, 11) is 0. The first-order valence-electron chi connectivity index (χ1n) is 7.77. The quantitative estimate of drug-likeness (QED) is 0.628. The van der Waals surface area contributed by atoms with Crippen molar-refractivity contribution >= 4 is 16.6 Å². The predicted octanol–water partition coefficient (Wildman–Crippen LogP) is 3.01. The molecule has 4 aromatic rings. The second-order valence-electron chi connectivity index (χ2n) is 5.83. The number of halogens is 1. The summed E-state index contributed by atoms with van der Waals surface area (Å²) in [6.45, 7) is 3.33. The number of rotatable bonds is 4. The average Bonchev–Trinajstić information content (AvgIpc) is 3.06. The Morgan fingerprint density at radius 1 is 1.08 bits per heavy atom. The Balaban J connectivity index is 1.63. The zero-order valence-corrected chi connectivity index (χ0v) is 13.2. The molecule has 2 aromatic heterocycles. The second kappa shape index (κ2) is 5.98. The molecule has 0 atom stereocenters. The van der Waals surface area contributed by atoms with Gasteiger partial charge in [0.05, 0.1) is 5.52 Å². The molecular formula is C18H16FN5. The van der Waals surface area contributed by atoms with Crippen molar-refractivity contribution in [3.63, 3.8) is 0 Å². The number of hydrogen-bond acceptors (Lipinski definition) is 4. The Morgan fingerprint density at radius 3 is 2.75 bits per heavy atom. The van der Waals surface area contributed by atoms with Gasteiger partial charge in [-0.1, -0.05) is 30.3 Å². The van der Waals surface area contributed by atoms with Gasteiger partial charge in [0.1, 0.15) is 5.82 Å². The van der Waals surface area contributed by atoms with Crippen LogP contribution >= 0.6 is 0 Å². The highest BCUT2D eigenvalue weighted by molar-refractivity contribution is 5.85. The number of benzene rings is 2. The molecule has 2 aromatic carbocycles. The first kappa shape index (κ1) is 14.7. The van der Waals surface area contributed by atoms with E-state index in [2.05, 4.69) is 46.0 Å². The maximum atomic E-state index is 12.9. The van der Waals surface area contributed by atoms with Gasteiger partial charge in [0.15, 0.2) is 5.65 Å². The van der Waals surface area contributed by atoms with Gasteiger partial charge in [0.2, 0.25) is 0 Å². The van der Waals surface area contributed by atoms with Gasteiger partial charge in [-0.05, 0) is 46.7 Å². The van der Waals surface area contributed by atoms with Crippen molar-refractivity contribution in [3.05, 3.63) is 71.0 Å². The lowest BCUT2D eigenvalue weighted by Gasteiger charge is -2.09. The van der Waals surface area contributed by atoms with Crippen LogP contribution < -0.4 is 5.32 Å². The van der Waals surface area contributed by atoms with E-state index in [9.17, 15) is 4.39 Å². The third kappa shape index (κ3) is 2.61. The van der Waals surface area contributed by atoms with Crippen molar-refractivity contribution in [2.45, 2.75) is 20.0 Å². The van der Waals surface area contributed by atoms with Crippen LogP contribution in [0.2, 0.25) is 0 Å². The van der Waals surface area contributed by atoms with Gasteiger partial charge < -0.3 is 5.32 Å². The van der Waals surface area contributed by atoms with Crippen LogP contribution in [0, 0.1) is 12.7 Å². The van der Waals surface area contributed by atoms with E-state index in [0.29, 0.717) is 13.1 Å². The lowest BCUT2D eigenvalue weighted by Crippen LogP contribution is -2.14. The van der Waals surface area contributed by atoms with Crippen LogP contribution in [-0.4, -0.2) is 20.0 Å². The Labute approximate surface area is 138 Å². The van der Waals surface area contributed by atoms with Crippen LogP contribution in [0.1, 0.15) is 16.7 Å². The fourth-order valence-corrected chi connectivity index (χ4v) is 2.95. The third-order valence-corrected chi connectivity index (χ3v) is 4.13. The summed E-state index contributed by atoms with van der Waals surface area (Å²) in [4.78, 5) is 0. The number of hydrogen-bond donors (Lipinski definition) is 1. The van der Waals surface area contributed by atoms with Crippen LogP contribution in [0.25, 0.3) is 16.6 Å². The molecule has 2 heterocycles. The molecule has 0 saturated heterocycles. The molecule has 0 unspecified atom stereocenters. The monoisotopic (exact) mass is 321 g/mol. The molecule has 0 aliphatic rings. The molecule has 120 valence electrons. The number of pyridine rings is 1. The zero-order valence-electron chi connectivity index (χ0n) is 13.2. The van der Waals surface area contributed by atoms with E-state index in [-0.39, 0.29) is 5.82 Å². The Kier molecular flexibility index (Phi) is 3.66. The van der Waals surface area contributed by atoms with Crippen molar-refractivity contribution in [3.8, 4) is 0 Å². The summed E-state index contributed by atoms with van der Waals surface area (Å²) in [5.74, 6) is -0.222. The first-order valence-corrected chi connectivity index (χ1v) is 7.77. The predicted molar refractivity (Wildman–Crippen MR) is 90.0 cm³/mol. The molecule has 24 heavy (non-hydrogen) atoms. The van der Waals surface area contributed by atoms with Crippen LogP contribution in [0.15, 0.2) is 48.5 Å². The summed E-state index contributed by atoms with van der Waals surface area (Å²) >= 11 is 0. The molecule has 0 aliphatic carbocycles. The molecule has 0 bridgehead atoms. The van der Waals surface area contributed by atoms with Crippen LogP contribution in [-0.2, 0) is 13.1 Å². The fourth-order valence-electron chi connectivity index (χ4n) is 2.95. The molecule has 0 fully saturated rings. The number of para-hydroxylation sites is 1. The normalized spacial score (nSPS) is 11.4. The number of aromatic nitrogens is 4. The average molecular weight is 321 g/mol. The lowest BCUT2D eigenvalue weighted by molar-refractivity contribution is 0.625. The third-order valence-electron chi connectivity index (χ3n) is 4.13. The van der Waals surface area contributed by atoms with Crippen molar-refractivity contribution in [1.82, 2.24) is 25.4 Å². The Morgan fingerprint density at radius 2 is 1.92 bits per heavy atom.